The molecule has 0 aromatic heterocycles. The van der Waals surface area contributed by atoms with Gasteiger partial charge in [-0.2, -0.15) is 0 Å². The lowest BCUT2D eigenvalue weighted by atomic mass is 9.78. The van der Waals surface area contributed by atoms with Crippen LogP contribution in [0.4, 0.5) is 0 Å². The van der Waals surface area contributed by atoms with Gasteiger partial charge in [0, 0.05) is 18.7 Å². The summed E-state index contributed by atoms with van der Waals surface area (Å²) in [7, 11) is -0.466. The van der Waals surface area contributed by atoms with E-state index in [1.54, 1.807) is 0 Å². The Morgan fingerprint density at radius 3 is 2.28 bits per heavy atom. The van der Waals surface area contributed by atoms with Crippen LogP contribution in [0.2, 0.25) is 0 Å². The largest absolute Gasteiger partial charge is 0.494 e. The summed E-state index contributed by atoms with van der Waals surface area (Å²) in [6, 6.07) is 16.0. The molecular formula is C26H34BNO4. The Balaban J connectivity index is 1.57. The molecule has 0 spiro atoms. The van der Waals surface area contributed by atoms with E-state index >= 15 is 0 Å². The lowest BCUT2D eigenvalue weighted by molar-refractivity contribution is -0.131. The van der Waals surface area contributed by atoms with Crippen LogP contribution < -0.4 is 10.2 Å². The highest BCUT2D eigenvalue weighted by molar-refractivity contribution is 6.62. The average Bonchev–Trinajstić information content (AvgIpc) is 3.01. The van der Waals surface area contributed by atoms with E-state index in [1.807, 2.05) is 81.1 Å². The number of rotatable bonds is 6. The highest BCUT2D eigenvalue weighted by Gasteiger charge is 2.51. The SMILES string of the molecule is CC1(C)OB(c2ccc(OCc3ccccc3)c(CC(=O)N3CCCCC3)c2)OC1(C)C. The Kier molecular flexibility index (Phi) is 6.63. The standard InChI is InChI=1S/C26H34BNO4/c1-25(2)26(3,4)32-27(31-25)22-13-14-23(30-19-20-11-7-5-8-12-20)21(17-22)18-24(29)28-15-9-6-10-16-28/h5,7-8,11-14,17H,6,9-10,15-16,18-19H2,1-4H3. The second-order valence-electron chi connectivity index (χ2n) is 9.85. The summed E-state index contributed by atoms with van der Waals surface area (Å²) in [6.45, 7) is 10.3. The van der Waals surface area contributed by atoms with Crippen LogP contribution in [0.1, 0.15) is 58.1 Å². The molecule has 0 saturated carbocycles. The summed E-state index contributed by atoms with van der Waals surface area (Å²) in [6.07, 6.45) is 3.68. The zero-order chi connectivity index (χ0) is 22.8. The predicted octanol–water partition coefficient (Wildman–Crippen LogP) is 4.12. The van der Waals surface area contributed by atoms with E-state index in [1.165, 1.54) is 6.42 Å². The van der Waals surface area contributed by atoms with Crippen LogP contribution in [0.25, 0.3) is 0 Å². The molecule has 0 N–H and O–H groups in total. The molecule has 2 saturated heterocycles. The number of hydrogen-bond acceptors (Lipinski definition) is 4. The molecule has 5 nitrogen and oxygen atoms in total. The molecule has 2 aliphatic rings. The lowest BCUT2D eigenvalue weighted by Gasteiger charge is -2.32. The minimum absolute atomic E-state index is 0.153. The number of piperidine rings is 1. The third kappa shape index (κ3) is 5.02. The van der Waals surface area contributed by atoms with Crippen molar-refractivity contribution in [2.24, 2.45) is 0 Å². The molecule has 170 valence electrons. The third-order valence-corrected chi connectivity index (χ3v) is 6.90. The quantitative estimate of drug-likeness (QED) is 0.641. The van der Waals surface area contributed by atoms with Crippen LogP contribution in [0.5, 0.6) is 5.75 Å². The van der Waals surface area contributed by atoms with E-state index in [0.29, 0.717) is 13.0 Å². The summed E-state index contributed by atoms with van der Waals surface area (Å²) in [5.74, 6) is 0.889. The highest BCUT2D eigenvalue weighted by atomic mass is 16.7. The van der Waals surface area contributed by atoms with Crippen LogP contribution in [-0.2, 0) is 27.1 Å². The maximum absolute atomic E-state index is 13.0. The van der Waals surface area contributed by atoms with Crippen LogP contribution in [0, 0.1) is 0 Å². The van der Waals surface area contributed by atoms with Crippen molar-refractivity contribution in [2.75, 3.05) is 13.1 Å². The van der Waals surface area contributed by atoms with Crippen molar-refractivity contribution in [1.29, 1.82) is 0 Å². The zero-order valence-electron chi connectivity index (χ0n) is 19.7. The molecule has 2 fully saturated rings. The third-order valence-electron chi connectivity index (χ3n) is 6.90. The van der Waals surface area contributed by atoms with Gasteiger partial charge in [-0.1, -0.05) is 42.5 Å². The van der Waals surface area contributed by atoms with E-state index in [9.17, 15) is 4.79 Å². The molecule has 0 aliphatic carbocycles. The number of benzene rings is 2. The van der Waals surface area contributed by atoms with Gasteiger partial charge in [0.1, 0.15) is 12.4 Å². The molecule has 0 atom stereocenters. The van der Waals surface area contributed by atoms with E-state index in [0.717, 1.165) is 48.3 Å². The molecular weight excluding hydrogens is 401 g/mol. The topological polar surface area (TPSA) is 48.0 Å². The normalized spacial score (nSPS) is 19.8. The Hall–Kier alpha value is -2.31. The van der Waals surface area contributed by atoms with Crippen molar-refractivity contribution in [2.45, 2.75) is 71.2 Å². The Labute approximate surface area is 192 Å². The number of amides is 1. The molecule has 32 heavy (non-hydrogen) atoms. The minimum Gasteiger partial charge on any atom is -0.489 e. The molecule has 6 heteroatoms. The molecule has 2 aromatic carbocycles. The molecule has 0 bridgehead atoms. The van der Waals surface area contributed by atoms with E-state index < -0.39 is 18.3 Å². The van der Waals surface area contributed by atoms with Gasteiger partial charge in [-0.25, -0.2) is 0 Å². The second-order valence-corrected chi connectivity index (χ2v) is 9.85. The number of likely N-dealkylation sites (tertiary alicyclic amines) is 1. The molecule has 0 radical (unpaired) electrons. The van der Waals surface area contributed by atoms with E-state index in [-0.39, 0.29) is 5.91 Å². The van der Waals surface area contributed by atoms with Gasteiger partial charge in [-0.05, 0) is 64.1 Å². The highest BCUT2D eigenvalue weighted by Crippen LogP contribution is 2.36. The molecule has 4 rings (SSSR count). The molecule has 2 aromatic rings. The van der Waals surface area contributed by atoms with Gasteiger partial charge in [-0.3, -0.25) is 4.79 Å². The van der Waals surface area contributed by atoms with Gasteiger partial charge >= 0.3 is 7.12 Å². The van der Waals surface area contributed by atoms with Crippen LogP contribution >= 0.6 is 0 Å². The summed E-state index contributed by atoms with van der Waals surface area (Å²) >= 11 is 0. The molecule has 1 amide bonds. The van der Waals surface area contributed by atoms with Crippen molar-refractivity contribution in [3.05, 3.63) is 59.7 Å². The summed E-state index contributed by atoms with van der Waals surface area (Å²) in [5.41, 5.74) is 2.06. The van der Waals surface area contributed by atoms with Crippen molar-refractivity contribution in [1.82, 2.24) is 4.90 Å². The summed E-state index contributed by atoms with van der Waals surface area (Å²) in [5, 5.41) is 0. The maximum atomic E-state index is 13.0. The Morgan fingerprint density at radius 1 is 0.969 bits per heavy atom. The molecule has 0 unspecified atom stereocenters. The number of carbonyl (C=O) groups is 1. The fourth-order valence-electron chi connectivity index (χ4n) is 4.16. The number of nitrogens with zero attached hydrogens (tertiary/aromatic N) is 1. The smallest absolute Gasteiger partial charge is 0.489 e. The van der Waals surface area contributed by atoms with E-state index in [2.05, 4.69) is 0 Å². The van der Waals surface area contributed by atoms with Gasteiger partial charge in [0.05, 0.1) is 17.6 Å². The van der Waals surface area contributed by atoms with Gasteiger partial charge in [-0.15, -0.1) is 0 Å². The number of carbonyl (C=O) groups excluding carboxylic acids is 1. The fourth-order valence-corrected chi connectivity index (χ4v) is 4.16. The zero-order valence-corrected chi connectivity index (χ0v) is 19.7. The van der Waals surface area contributed by atoms with Crippen molar-refractivity contribution >= 4 is 18.5 Å². The maximum Gasteiger partial charge on any atom is 0.494 e. The van der Waals surface area contributed by atoms with Gasteiger partial charge in [0.2, 0.25) is 5.91 Å². The van der Waals surface area contributed by atoms with Crippen molar-refractivity contribution in [3.63, 3.8) is 0 Å². The van der Waals surface area contributed by atoms with E-state index in [4.69, 9.17) is 14.0 Å². The summed E-state index contributed by atoms with van der Waals surface area (Å²) in [4.78, 5) is 15.0. The van der Waals surface area contributed by atoms with Crippen molar-refractivity contribution < 1.29 is 18.8 Å². The number of hydrogen-bond donors (Lipinski definition) is 0. The van der Waals surface area contributed by atoms with Gasteiger partial charge < -0.3 is 18.9 Å². The van der Waals surface area contributed by atoms with Gasteiger partial charge in [0.25, 0.3) is 0 Å². The van der Waals surface area contributed by atoms with Crippen LogP contribution in [-0.4, -0.2) is 42.2 Å². The van der Waals surface area contributed by atoms with Gasteiger partial charge in [0.15, 0.2) is 0 Å². The van der Waals surface area contributed by atoms with Crippen LogP contribution in [0.15, 0.2) is 48.5 Å². The second kappa shape index (κ2) is 9.28. The lowest BCUT2D eigenvalue weighted by Crippen LogP contribution is -2.41. The Bertz CT molecular complexity index is 922. The monoisotopic (exact) mass is 435 g/mol. The minimum atomic E-state index is -0.466. The predicted molar refractivity (Wildman–Crippen MR) is 127 cm³/mol. The first kappa shape index (κ1) is 22.9. The van der Waals surface area contributed by atoms with Crippen LogP contribution in [0.3, 0.4) is 0 Å². The first-order chi connectivity index (χ1) is 15.2. The molecule has 2 heterocycles. The average molecular weight is 435 g/mol. The number of ether oxygens (including phenoxy) is 1. The first-order valence-corrected chi connectivity index (χ1v) is 11.7. The first-order valence-electron chi connectivity index (χ1n) is 11.7. The Morgan fingerprint density at radius 2 is 1.62 bits per heavy atom. The fraction of sp³-hybridized carbons (Fsp3) is 0.500. The van der Waals surface area contributed by atoms with Crippen molar-refractivity contribution in [3.8, 4) is 5.75 Å². The summed E-state index contributed by atoms with van der Waals surface area (Å²) < 4.78 is 18.6. The molecule has 2 aliphatic heterocycles.